The zero-order valence-corrected chi connectivity index (χ0v) is 7.65. The second-order valence-corrected chi connectivity index (χ2v) is 2.79. The predicted molar refractivity (Wildman–Crippen MR) is 47.5 cm³/mol. The molecule has 0 spiro atoms. The van der Waals surface area contributed by atoms with E-state index in [0.29, 0.717) is 26.1 Å². The summed E-state index contributed by atoms with van der Waals surface area (Å²) in [6.45, 7) is 1.63. The van der Waals surface area contributed by atoms with E-state index in [1.54, 1.807) is 0 Å². The lowest BCUT2D eigenvalue weighted by atomic mass is 10.3. The maximum atomic E-state index is 10.2. The maximum Gasteiger partial charge on any atom is 0.304 e. The van der Waals surface area contributed by atoms with Gasteiger partial charge in [-0.1, -0.05) is 0 Å². The molecule has 78 valence electrons. The van der Waals surface area contributed by atoms with Crippen LogP contribution in [-0.4, -0.2) is 59.0 Å². The van der Waals surface area contributed by atoms with Crippen LogP contribution in [-0.2, 0) is 4.79 Å². The highest BCUT2D eigenvalue weighted by Crippen LogP contribution is 1.93. The van der Waals surface area contributed by atoms with Crippen LogP contribution in [0.2, 0.25) is 0 Å². The molecule has 3 N–H and O–H groups in total. The largest absolute Gasteiger partial charge is 0.481 e. The third-order valence-electron chi connectivity index (χ3n) is 1.69. The van der Waals surface area contributed by atoms with E-state index < -0.39 is 5.97 Å². The van der Waals surface area contributed by atoms with Crippen LogP contribution in [0.3, 0.4) is 0 Å². The van der Waals surface area contributed by atoms with Gasteiger partial charge >= 0.3 is 5.97 Å². The lowest BCUT2D eigenvalue weighted by molar-refractivity contribution is -0.137. The summed E-state index contributed by atoms with van der Waals surface area (Å²) < 4.78 is 0. The summed E-state index contributed by atoms with van der Waals surface area (Å²) in [5.74, 6) is -0.841. The minimum absolute atomic E-state index is 0.0189. The van der Waals surface area contributed by atoms with Gasteiger partial charge in [0.25, 0.3) is 0 Å². The number of hydrogen-bond acceptors (Lipinski definition) is 4. The van der Waals surface area contributed by atoms with E-state index in [9.17, 15) is 4.79 Å². The molecular weight excluding hydrogens is 174 g/mol. The van der Waals surface area contributed by atoms with E-state index in [1.807, 2.05) is 4.90 Å². The first kappa shape index (κ1) is 12.3. The number of aliphatic hydroxyl groups excluding tert-OH is 2. The first-order valence-electron chi connectivity index (χ1n) is 4.36. The van der Waals surface area contributed by atoms with E-state index >= 15 is 0 Å². The van der Waals surface area contributed by atoms with Crippen molar-refractivity contribution in [2.75, 3.05) is 32.8 Å². The lowest BCUT2D eigenvalue weighted by Gasteiger charge is -2.19. The van der Waals surface area contributed by atoms with Crippen LogP contribution in [0.5, 0.6) is 0 Å². The highest BCUT2D eigenvalue weighted by atomic mass is 16.4. The Kier molecular flexibility index (Phi) is 7.57. The quantitative estimate of drug-likeness (QED) is 0.465. The van der Waals surface area contributed by atoms with Gasteiger partial charge < -0.3 is 20.2 Å². The van der Waals surface area contributed by atoms with Crippen LogP contribution in [0.15, 0.2) is 0 Å². The molecule has 13 heavy (non-hydrogen) atoms. The zero-order valence-electron chi connectivity index (χ0n) is 7.65. The van der Waals surface area contributed by atoms with Gasteiger partial charge in [0.1, 0.15) is 0 Å². The molecule has 0 saturated carbocycles. The number of nitrogens with zero attached hydrogens (tertiary/aromatic N) is 1. The van der Waals surface area contributed by atoms with Crippen LogP contribution in [0.25, 0.3) is 0 Å². The Hall–Kier alpha value is -0.650. The molecule has 0 aliphatic heterocycles. The van der Waals surface area contributed by atoms with Crippen LogP contribution in [0.4, 0.5) is 0 Å². The van der Waals surface area contributed by atoms with Gasteiger partial charge in [-0.3, -0.25) is 4.79 Å². The molecule has 0 radical (unpaired) electrons. The van der Waals surface area contributed by atoms with Crippen molar-refractivity contribution in [1.82, 2.24) is 4.90 Å². The molecule has 5 heteroatoms. The number of carbonyl (C=O) groups is 1. The van der Waals surface area contributed by atoms with E-state index in [1.165, 1.54) is 0 Å². The summed E-state index contributed by atoms with van der Waals surface area (Å²) in [5, 5.41) is 25.6. The van der Waals surface area contributed by atoms with Crippen molar-refractivity contribution >= 4 is 5.97 Å². The number of rotatable bonds is 8. The molecule has 0 saturated heterocycles. The topological polar surface area (TPSA) is 81.0 Å². The van der Waals surface area contributed by atoms with Gasteiger partial charge in [-0.15, -0.1) is 0 Å². The first-order valence-corrected chi connectivity index (χ1v) is 4.36. The highest BCUT2D eigenvalue weighted by molar-refractivity contribution is 5.66. The van der Waals surface area contributed by atoms with Crippen molar-refractivity contribution in [1.29, 1.82) is 0 Å². The van der Waals surface area contributed by atoms with Crippen molar-refractivity contribution < 1.29 is 20.1 Å². The van der Waals surface area contributed by atoms with Crippen LogP contribution >= 0.6 is 0 Å². The van der Waals surface area contributed by atoms with Gasteiger partial charge in [-0.25, -0.2) is 0 Å². The Balaban J connectivity index is 3.59. The van der Waals surface area contributed by atoms with E-state index in [4.69, 9.17) is 15.3 Å². The van der Waals surface area contributed by atoms with Crippen LogP contribution < -0.4 is 0 Å². The van der Waals surface area contributed by atoms with Crippen molar-refractivity contribution in [3.63, 3.8) is 0 Å². The fraction of sp³-hybridized carbons (Fsp3) is 0.875. The monoisotopic (exact) mass is 191 g/mol. The molecule has 0 bridgehead atoms. The molecule has 0 aliphatic carbocycles. The molecule has 0 unspecified atom stereocenters. The van der Waals surface area contributed by atoms with E-state index in [2.05, 4.69) is 0 Å². The third-order valence-corrected chi connectivity index (χ3v) is 1.69. The Morgan fingerprint density at radius 3 is 2.23 bits per heavy atom. The molecule has 0 fully saturated rings. The smallest absolute Gasteiger partial charge is 0.304 e. The fourth-order valence-electron chi connectivity index (χ4n) is 1.02. The second kappa shape index (κ2) is 7.97. The number of carboxylic acids is 1. The van der Waals surface area contributed by atoms with Gasteiger partial charge in [0.05, 0.1) is 13.0 Å². The Labute approximate surface area is 77.6 Å². The summed E-state index contributed by atoms with van der Waals surface area (Å²) in [7, 11) is 0. The predicted octanol–water partition coefficient (Wildman–Crippen LogP) is -0.862. The molecule has 0 aromatic rings. The first-order chi connectivity index (χ1) is 6.20. The third kappa shape index (κ3) is 7.70. The summed E-state index contributed by atoms with van der Waals surface area (Å²) in [6, 6.07) is 0. The average Bonchev–Trinajstić information content (AvgIpc) is 2.09. The van der Waals surface area contributed by atoms with E-state index in [0.717, 1.165) is 0 Å². The number of carboxylic acid groups (broad SMARTS) is 1. The zero-order chi connectivity index (χ0) is 10.1. The molecule has 0 aliphatic rings. The van der Waals surface area contributed by atoms with Crippen LogP contribution in [0.1, 0.15) is 12.8 Å². The Bertz CT molecular complexity index is 140. The molecule has 0 rings (SSSR count). The Morgan fingerprint density at radius 2 is 1.77 bits per heavy atom. The highest BCUT2D eigenvalue weighted by Gasteiger charge is 2.05. The minimum Gasteiger partial charge on any atom is -0.481 e. The summed E-state index contributed by atoms with van der Waals surface area (Å²) in [5.41, 5.74) is 0. The van der Waals surface area contributed by atoms with Crippen molar-refractivity contribution in [2.45, 2.75) is 12.8 Å². The number of aliphatic carboxylic acids is 1. The maximum absolute atomic E-state index is 10.2. The molecule has 0 atom stereocenters. The van der Waals surface area contributed by atoms with Gasteiger partial charge in [-0.2, -0.15) is 0 Å². The van der Waals surface area contributed by atoms with Crippen molar-refractivity contribution in [2.24, 2.45) is 0 Å². The fourth-order valence-corrected chi connectivity index (χ4v) is 1.02. The van der Waals surface area contributed by atoms with Gasteiger partial charge in [0.2, 0.25) is 0 Å². The molecule has 0 amide bonds. The van der Waals surface area contributed by atoms with Gasteiger partial charge in [0.15, 0.2) is 0 Å². The van der Waals surface area contributed by atoms with Crippen molar-refractivity contribution in [3.05, 3.63) is 0 Å². The minimum atomic E-state index is -0.841. The Morgan fingerprint density at radius 1 is 1.08 bits per heavy atom. The normalized spacial score (nSPS) is 10.7. The number of hydrogen-bond donors (Lipinski definition) is 3. The SMILES string of the molecule is O=C(O)CCN(CCO)CCCO. The van der Waals surface area contributed by atoms with Gasteiger partial charge in [-0.05, 0) is 6.42 Å². The van der Waals surface area contributed by atoms with Gasteiger partial charge in [0, 0.05) is 26.2 Å². The summed E-state index contributed by atoms with van der Waals surface area (Å²) in [6.07, 6.45) is 0.686. The standard InChI is InChI=1S/C8H17NO4/c10-6-1-3-9(5-7-11)4-2-8(12)13/h10-11H,1-7H2,(H,12,13). The lowest BCUT2D eigenvalue weighted by Crippen LogP contribution is -2.30. The summed E-state index contributed by atoms with van der Waals surface area (Å²) >= 11 is 0. The molecule has 0 heterocycles. The summed E-state index contributed by atoms with van der Waals surface area (Å²) in [4.78, 5) is 12.1. The molecule has 5 nitrogen and oxygen atoms in total. The molecular formula is C8H17NO4. The molecule has 0 aromatic heterocycles. The van der Waals surface area contributed by atoms with E-state index in [-0.39, 0.29) is 19.6 Å². The second-order valence-electron chi connectivity index (χ2n) is 2.79. The van der Waals surface area contributed by atoms with Crippen LogP contribution in [0, 0.1) is 0 Å². The average molecular weight is 191 g/mol. The number of aliphatic hydroxyl groups is 2. The van der Waals surface area contributed by atoms with Crippen molar-refractivity contribution in [3.8, 4) is 0 Å². The molecule has 0 aromatic carbocycles.